The van der Waals surface area contributed by atoms with Crippen LogP contribution >= 0.6 is 11.3 Å². The Morgan fingerprint density at radius 1 is 1.13 bits per heavy atom. The number of ether oxygens (including phenoxy) is 2. The highest BCUT2D eigenvalue weighted by atomic mass is 32.2. The number of aryl methyl sites for hydroxylation is 1. The summed E-state index contributed by atoms with van der Waals surface area (Å²) in [7, 11) is -2.89. The van der Waals surface area contributed by atoms with Crippen LogP contribution in [0.1, 0.15) is 35.4 Å². The second-order valence-corrected chi connectivity index (χ2v) is 11.7. The fourth-order valence-electron chi connectivity index (χ4n) is 4.26. The van der Waals surface area contributed by atoms with E-state index in [9.17, 15) is 22.0 Å². The number of thiazole rings is 1. The summed E-state index contributed by atoms with van der Waals surface area (Å²) in [6, 6.07) is 6.40. The number of aromatic nitrogens is 1. The Bertz CT molecular complexity index is 1400. The van der Waals surface area contributed by atoms with Crippen molar-refractivity contribution in [3.05, 3.63) is 69.7 Å². The maximum absolute atomic E-state index is 14.0. The first-order chi connectivity index (χ1) is 18.2. The van der Waals surface area contributed by atoms with Gasteiger partial charge in [0.1, 0.15) is 6.04 Å². The van der Waals surface area contributed by atoms with Crippen LogP contribution in [0, 0.1) is 18.6 Å². The molecule has 2 heterocycles. The van der Waals surface area contributed by atoms with E-state index in [1.807, 2.05) is 6.92 Å². The van der Waals surface area contributed by atoms with Gasteiger partial charge in [0.15, 0.2) is 23.1 Å². The van der Waals surface area contributed by atoms with Crippen molar-refractivity contribution >= 4 is 27.3 Å². The number of carbonyl (C=O) groups is 1. The number of hydrogen-bond donors (Lipinski definition) is 1. The number of hydrogen-bond acceptors (Lipinski definition) is 7. The molecule has 4 rings (SSSR count). The molecule has 2 aromatic carbocycles. The van der Waals surface area contributed by atoms with Crippen molar-refractivity contribution < 1.29 is 31.5 Å². The van der Waals surface area contributed by atoms with E-state index in [2.05, 4.69) is 10.3 Å². The Labute approximate surface area is 224 Å². The zero-order valence-corrected chi connectivity index (χ0v) is 22.7. The Morgan fingerprint density at radius 3 is 2.66 bits per heavy atom. The van der Waals surface area contributed by atoms with Gasteiger partial charge in [-0.25, -0.2) is 22.2 Å². The Morgan fingerprint density at radius 2 is 1.95 bits per heavy atom. The minimum Gasteiger partial charge on any atom is -0.493 e. The van der Waals surface area contributed by atoms with Crippen LogP contribution in [0.4, 0.5) is 8.78 Å². The lowest BCUT2D eigenvalue weighted by Crippen LogP contribution is -2.48. The molecule has 1 aliphatic rings. The number of halogens is 2. The van der Waals surface area contributed by atoms with Crippen molar-refractivity contribution in [3.8, 4) is 11.5 Å². The normalized spacial score (nSPS) is 16.2. The van der Waals surface area contributed by atoms with Crippen LogP contribution in [-0.2, 0) is 27.8 Å². The van der Waals surface area contributed by atoms with Crippen molar-refractivity contribution in [1.82, 2.24) is 14.6 Å². The fourth-order valence-corrected chi connectivity index (χ4v) is 6.64. The molecule has 8 nitrogen and oxygen atoms in total. The molecule has 1 saturated heterocycles. The second kappa shape index (κ2) is 12.2. The highest BCUT2D eigenvalue weighted by Gasteiger charge is 2.37. The van der Waals surface area contributed by atoms with E-state index in [4.69, 9.17) is 9.47 Å². The summed E-state index contributed by atoms with van der Waals surface area (Å²) in [5, 5.41) is 2.75. The van der Waals surface area contributed by atoms with Crippen LogP contribution in [0.25, 0.3) is 0 Å². The number of benzene rings is 2. The number of carbonyl (C=O) groups excluding carboxylic acids is 1. The average Bonchev–Trinajstić information content (AvgIpc) is 3.18. The fraction of sp³-hybridized carbons (Fsp3) is 0.385. The van der Waals surface area contributed by atoms with Crippen LogP contribution in [-0.4, -0.2) is 49.9 Å². The van der Waals surface area contributed by atoms with E-state index < -0.39 is 38.5 Å². The lowest BCUT2D eigenvalue weighted by atomic mass is 10.1. The van der Waals surface area contributed by atoms with Crippen molar-refractivity contribution in [2.45, 2.75) is 50.1 Å². The van der Waals surface area contributed by atoms with Crippen LogP contribution in [0.5, 0.6) is 11.5 Å². The standard InChI is InChI=1S/C26H29F2N3O5S2/c1-17-25(37-16-30-17)10-12-36-23-9-6-18(13-24(23)35-2)15-31(22-5-3-4-11-29-26(22)32)38(33,34)19-7-8-20(27)21(28)14-19/h6-9,13-14,16,22H,3-5,10-12,15H2,1-2H3,(H,29,32)/t22-/m0/s1. The third-order valence-corrected chi connectivity index (χ3v) is 9.20. The molecule has 1 aliphatic heterocycles. The third kappa shape index (κ3) is 6.30. The molecule has 1 aromatic heterocycles. The molecule has 0 unspecified atom stereocenters. The molecular weight excluding hydrogens is 536 g/mol. The highest BCUT2D eigenvalue weighted by Crippen LogP contribution is 2.31. The molecule has 12 heteroatoms. The first-order valence-electron chi connectivity index (χ1n) is 12.1. The van der Waals surface area contributed by atoms with Gasteiger partial charge in [0.25, 0.3) is 0 Å². The van der Waals surface area contributed by atoms with E-state index in [0.717, 1.165) is 27.0 Å². The molecule has 0 aliphatic carbocycles. The minimum atomic E-state index is -4.37. The summed E-state index contributed by atoms with van der Waals surface area (Å²) in [6.45, 7) is 2.60. The largest absolute Gasteiger partial charge is 0.493 e. The van der Waals surface area contributed by atoms with Crippen LogP contribution in [0.2, 0.25) is 0 Å². The van der Waals surface area contributed by atoms with E-state index in [1.54, 1.807) is 35.0 Å². The summed E-state index contributed by atoms with van der Waals surface area (Å²) in [4.78, 5) is 17.8. The maximum atomic E-state index is 14.0. The molecule has 0 bridgehead atoms. The predicted molar refractivity (Wildman–Crippen MR) is 139 cm³/mol. The van der Waals surface area contributed by atoms with E-state index in [-0.39, 0.29) is 6.54 Å². The third-order valence-electron chi connectivity index (χ3n) is 6.35. The summed E-state index contributed by atoms with van der Waals surface area (Å²) in [5.74, 6) is -1.99. The van der Waals surface area contributed by atoms with E-state index >= 15 is 0 Å². The summed E-state index contributed by atoms with van der Waals surface area (Å²) >= 11 is 1.56. The van der Waals surface area contributed by atoms with Crippen molar-refractivity contribution in [3.63, 3.8) is 0 Å². The molecule has 1 fully saturated rings. The SMILES string of the molecule is COc1cc(CN([C@H]2CCCCNC2=O)S(=O)(=O)c2ccc(F)c(F)c2)ccc1OCCc1scnc1C. The number of sulfonamides is 1. The molecule has 38 heavy (non-hydrogen) atoms. The monoisotopic (exact) mass is 565 g/mol. The van der Waals surface area contributed by atoms with Gasteiger partial charge in [-0.15, -0.1) is 11.3 Å². The zero-order chi connectivity index (χ0) is 27.3. The molecule has 1 N–H and O–H groups in total. The van der Waals surface area contributed by atoms with E-state index in [1.165, 1.54) is 7.11 Å². The number of methoxy groups -OCH3 is 1. The molecule has 0 radical (unpaired) electrons. The summed E-state index contributed by atoms with van der Waals surface area (Å²) < 4.78 is 67.3. The molecule has 3 aromatic rings. The Kier molecular flexibility index (Phi) is 8.95. The smallest absolute Gasteiger partial charge is 0.244 e. The maximum Gasteiger partial charge on any atom is 0.244 e. The van der Waals surface area contributed by atoms with Gasteiger partial charge in [-0.1, -0.05) is 6.07 Å². The van der Waals surface area contributed by atoms with Gasteiger partial charge < -0.3 is 14.8 Å². The van der Waals surface area contributed by atoms with Crippen LogP contribution in [0.3, 0.4) is 0 Å². The lowest BCUT2D eigenvalue weighted by molar-refractivity contribution is -0.124. The first-order valence-corrected chi connectivity index (χ1v) is 14.5. The van der Waals surface area contributed by atoms with Gasteiger partial charge in [-0.3, -0.25) is 4.79 Å². The van der Waals surface area contributed by atoms with Crippen LogP contribution in [0.15, 0.2) is 46.8 Å². The predicted octanol–water partition coefficient (Wildman–Crippen LogP) is 4.22. The number of rotatable bonds is 10. The summed E-state index contributed by atoms with van der Waals surface area (Å²) in [5.41, 5.74) is 3.29. The number of nitrogens with one attached hydrogen (secondary N) is 1. The van der Waals surface area contributed by atoms with Crippen molar-refractivity contribution in [2.24, 2.45) is 0 Å². The van der Waals surface area contributed by atoms with Crippen molar-refractivity contribution in [2.75, 3.05) is 20.3 Å². The quantitative estimate of drug-likeness (QED) is 0.395. The molecule has 1 amide bonds. The second-order valence-electron chi connectivity index (χ2n) is 8.87. The van der Waals surface area contributed by atoms with Gasteiger partial charge in [-0.2, -0.15) is 4.31 Å². The number of amides is 1. The zero-order valence-electron chi connectivity index (χ0n) is 21.1. The topological polar surface area (TPSA) is 97.8 Å². The molecule has 0 spiro atoms. The molecular formula is C26H29F2N3O5S2. The van der Waals surface area contributed by atoms with Crippen LogP contribution < -0.4 is 14.8 Å². The van der Waals surface area contributed by atoms with Gasteiger partial charge in [-0.05, 0) is 62.1 Å². The van der Waals surface area contributed by atoms with Gasteiger partial charge in [0.05, 0.1) is 29.8 Å². The Balaban J connectivity index is 1.61. The minimum absolute atomic E-state index is 0.184. The highest BCUT2D eigenvalue weighted by molar-refractivity contribution is 7.89. The average molecular weight is 566 g/mol. The molecule has 1 atom stereocenters. The summed E-state index contributed by atoms with van der Waals surface area (Å²) in [6.07, 6.45) is 2.31. The lowest BCUT2D eigenvalue weighted by Gasteiger charge is -2.29. The van der Waals surface area contributed by atoms with Gasteiger partial charge in [0.2, 0.25) is 15.9 Å². The van der Waals surface area contributed by atoms with Gasteiger partial charge >= 0.3 is 0 Å². The number of nitrogens with zero attached hydrogens (tertiary/aromatic N) is 2. The first kappa shape index (κ1) is 27.9. The van der Waals surface area contributed by atoms with E-state index in [0.29, 0.717) is 62.0 Å². The Hall–Kier alpha value is -3.09. The molecule has 204 valence electrons. The van der Waals surface area contributed by atoms with Crippen molar-refractivity contribution in [1.29, 1.82) is 0 Å². The molecule has 0 saturated carbocycles. The van der Waals surface area contributed by atoms with Gasteiger partial charge in [0, 0.05) is 24.4 Å².